The molecule has 21 heavy (non-hydrogen) atoms. The predicted molar refractivity (Wildman–Crippen MR) is 93.5 cm³/mol. The van der Waals surface area contributed by atoms with Gasteiger partial charge in [0.25, 0.3) is 0 Å². The van der Waals surface area contributed by atoms with Crippen molar-refractivity contribution in [1.82, 2.24) is 4.90 Å². The number of hydrogen-bond acceptors (Lipinski definition) is 2. The molecule has 0 saturated carbocycles. The summed E-state index contributed by atoms with van der Waals surface area (Å²) in [5, 5.41) is 0.822. The molecule has 1 aliphatic rings. The van der Waals surface area contributed by atoms with Crippen LogP contribution >= 0.6 is 23.4 Å². The fourth-order valence-corrected chi connectivity index (χ4v) is 3.60. The van der Waals surface area contributed by atoms with Gasteiger partial charge >= 0.3 is 0 Å². The van der Waals surface area contributed by atoms with Crippen molar-refractivity contribution in [2.24, 2.45) is 0 Å². The SMILES string of the molecule is Cc1ccc(CN2CSC(=Cc3ccccc3Cl)C2)cc1. The van der Waals surface area contributed by atoms with Crippen molar-refractivity contribution in [3.63, 3.8) is 0 Å². The van der Waals surface area contributed by atoms with Crippen molar-refractivity contribution < 1.29 is 0 Å². The predicted octanol–water partition coefficient (Wildman–Crippen LogP) is 5.20. The third kappa shape index (κ3) is 3.91. The van der Waals surface area contributed by atoms with E-state index in [0.29, 0.717) is 0 Å². The lowest BCUT2D eigenvalue weighted by Crippen LogP contribution is -2.18. The highest BCUT2D eigenvalue weighted by Gasteiger charge is 2.17. The zero-order chi connectivity index (χ0) is 14.7. The number of halogens is 1. The zero-order valence-corrected chi connectivity index (χ0v) is 13.6. The minimum atomic E-state index is 0.822. The third-order valence-electron chi connectivity index (χ3n) is 3.56. The van der Waals surface area contributed by atoms with Crippen LogP contribution in [0.25, 0.3) is 6.08 Å². The molecule has 1 nitrogen and oxygen atoms in total. The van der Waals surface area contributed by atoms with E-state index in [1.54, 1.807) is 0 Å². The van der Waals surface area contributed by atoms with Gasteiger partial charge in [-0.1, -0.05) is 59.6 Å². The van der Waals surface area contributed by atoms with Gasteiger partial charge in [0, 0.05) is 28.9 Å². The summed E-state index contributed by atoms with van der Waals surface area (Å²) in [6, 6.07) is 16.8. The lowest BCUT2D eigenvalue weighted by atomic mass is 10.1. The minimum Gasteiger partial charge on any atom is -0.285 e. The number of rotatable bonds is 3. The molecular weight excluding hydrogens is 298 g/mol. The van der Waals surface area contributed by atoms with Crippen molar-refractivity contribution in [2.45, 2.75) is 13.5 Å². The largest absolute Gasteiger partial charge is 0.285 e. The van der Waals surface area contributed by atoms with Gasteiger partial charge in [-0.15, -0.1) is 11.8 Å². The maximum absolute atomic E-state index is 6.22. The summed E-state index contributed by atoms with van der Waals surface area (Å²) in [5.74, 6) is 1.05. The van der Waals surface area contributed by atoms with Crippen molar-refractivity contribution >= 4 is 29.4 Å². The van der Waals surface area contributed by atoms with E-state index in [2.05, 4.69) is 48.2 Å². The van der Waals surface area contributed by atoms with Crippen molar-refractivity contribution in [3.8, 4) is 0 Å². The van der Waals surface area contributed by atoms with Crippen LogP contribution in [0.4, 0.5) is 0 Å². The molecule has 0 amide bonds. The van der Waals surface area contributed by atoms with Crippen LogP contribution in [-0.4, -0.2) is 17.3 Å². The molecule has 0 radical (unpaired) electrons. The molecule has 2 aromatic carbocycles. The van der Waals surface area contributed by atoms with Gasteiger partial charge in [-0.05, 0) is 30.2 Å². The molecule has 0 aliphatic carbocycles. The molecule has 2 aromatic rings. The van der Waals surface area contributed by atoms with Crippen LogP contribution in [-0.2, 0) is 6.54 Å². The molecule has 1 heterocycles. The van der Waals surface area contributed by atoms with Gasteiger partial charge in [0.2, 0.25) is 0 Å². The smallest absolute Gasteiger partial charge is 0.0496 e. The first-order valence-electron chi connectivity index (χ1n) is 7.06. The lowest BCUT2D eigenvalue weighted by Gasteiger charge is -2.13. The molecule has 108 valence electrons. The summed E-state index contributed by atoms with van der Waals surface area (Å²) in [7, 11) is 0. The number of thioether (sulfide) groups is 1. The first-order valence-corrected chi connectivity index (χ1v) is 8.43. The molecule has 1 saturated heterocycles. The quantitative estimate of drug-likeness (QED) is 0.766. The summed E-state index contributed by atoms with van der Waals surface area (Å²) >= 11 is 8.12. The van der Waals surface area contributed by atoms with Crippen LogP contribution in [0.1, 0.15) is 16.7 Å². The Kier molecular flexibility index (Phi) is 4.69. The van der Waals surface area contributed by atoms with Crippen LogP contribution in [0.3, 0.4) is 0 Å². The van der Waals surface area contributed by atoms with Crippen molar-refractivity contribution in [3.05, 3.63) is 75.1 Å². The van der Waals surface area contributed by atoms with E-state index in [9.17, 15) is 0 Å². The molecule has 1 fully saturated rings. The Hall–Kier alpha value is -1.22. The van der Waals surface area contributed by atoms with Gasteiger partial charge in [-0.25, -0.2) is 0 Å². The van der Waals surface area contributed by atoms with Crippen molar-refractivity contribution in [2.75, 3.05) is 12.4 Å². The van der Waals surface area contributed by atoms with E-state index in [-0.39, 0.29) is 0 Å². The highest BCUT2D eigenvalue weighted by molar-refractivity contribution is 8.03. The number of benzene rings is 2. The van der Waals surface area contributed by atoms with Gasteiger partial charge in [-0.3, -0.25) is 4.90 Å². The Balaban J connectivity index is 1.65. The molecule has 0 aromatic heterocycles. The van der Waals surface area contributed by atoms with Crippen LogP contribution in [0.2, 0.25) is 5.02 Å². The number of aryl methyl sites for hydroxylation is 1. The maximum atomic E-state index is 6.22. The van der Waals surface area contributed by atoms with E-state index in [1.165, 1.54) is 16.0 Å². The van der Waals surface area contributed by atoms with E-state index < -0.39 is 0 Å². The average Bonchev–Trinajstić information content (AvgIpc) is 2.91. The first kappa shape index (κ1) is 14.7. The highest BCUT2D eigenvalue weighted by Crippen LogP contribution is 2.31. The molecule has 3 rings (SSSR count). The van der Waals surface area contributed by atoms with Gasteiger partial charge in [0.15, 0.2) is 0 Å². The van der Waals surface area contributed by atoms with E-state index in [1.807, 2.05) is 30.0 Å². The second-order valence-electron chi connectivity index (χ2n) is 5.38. The first-order chi connectivity index (χ1) is 10.2. The summed E-state index contributed by atoms with van der Waals surface area (Å²) < 4.78 is 0. The molecule has 0 atom stereocenters. The zero-order valence-electron chi connectivity index (χ0n) is 12.1. The highest BCUT2D eigenvalue weighted by atomic mass is 35.5. The molecule has 0 spiro atoms. The fraction of sp³-hybridized carbons (Fsp3) is 0.222. The van der Waals surface area contributed by atoms with E-state index in [4.69, 9.17) is 11.6 Å². The number of nitrogens with zero attached hydrogens (tertiary/aromatic N) is 1. The third-order valence-corrected chi connectivity index (χ3v) is 5.02. The second-order valence-corrected chi connectivity index (χ2v) is 6.86. The molecule has 1 aliphatic heterocycles. The van der Waals surface area contributed by atoms with Crippen LogP contribution in [0, 0.1) is 6.92 Å². The van der Waals surface area contributed by atoms with E-state index in [0.717, 1.165) is 29.6 Å². The second kappa shape index (κ2) is 6.69. The fourth-order valence-electron chi connectivity index (χ4n) is 2.39. The molecule has 0 bridgehead atoms. The maximum Gasteiger partial charge on any atom is 0.0496 e. The Labute approximate surface area is 135 Å². The van der Waals surface area contributed by atoms with E-state index >= 15 is 0 Å². The Bertz CT molecular complexity index is 649. The molecule has 3 heteroatoms. The van der Waals surface area contributed by atoms with Gasteiger partial charge in [0.1, 0.15) is 0 Å². The molecular formula is C18H18ClNS. The molecule has 0 unspecified atom stereocenters. The Morgan fingerprint density at radius 2 is 1.90 bits per heavy atom. The lowest BCUT2D eigenvalue weighted by molar-refractivity contribution is 0.358. The number of hydrogen-bond donors (Lipinski definition) is 0. The Morgan fingerprint density at radius 1 is 1.14 bits per heavy atom. The summed E-state index contributed by atoms with van der Waals surface area (Å²) in [6.45, 7) is 4.14. The average molecular weight is 316 g/mol. The van der Waals surface area contributed by atoms with Gasteiger partial charge in [0.05, 0.1) is 0 Å². The topological polar surface area (TPSA) is 3.24 Å². The van der Waals surface area contributed by atoms with Crippen LogP contribution < -0.4 is 0 Å². The standard InChI is InChI=1S/C18H18ClNS/c1-14-6-8-15(9-7-14)11-20-12-17(21-13-20)10-16-4-2-3-5-18(16)19/h2-10H,11-13H2,1H3. The summed E-state index contributed by atoms with van der Waals surface area (Å²) in [6.07, 6.45) is 2.21. The normalized spacial score (nSPS) is 17.5. The monoisotopic (exact) mass is 315 g/mol. The van der Waals surface area contributed by atoms with Gasteiger partial charge < -0.3 is 0 Å². The van der Waals surface area contributed by atoms with Crippen LogP contribution in [0.5, 0.6) is 0 Å². The molecule has 0 N–H and O–H groups in total. The summed E-state index contributed by atoms with van der Waals surface area (Å²) in [4.78, 5) is 3.84. The van der Waals surface area contributed by atoms with Gasteiger partial charge in [-0.2, -0.15) is 0 Å². The van der Waals surface area contributed by atoms with Crippen LogP contribution in [0.15, 0.2) is 53.4 Å². The Morgan fingerprint density at radius 3 is 2.67 bits per heavy atom. The minimum absolute atomic E-state index is 0.822. The van der Waals surface area contributed by atoms with Crippen molar-refractivity contribution in [1.29, 1.82) is 0 Å². The summed E-state index contributed by atoms with van der Waals surface area (Å²) in [5.41, 5.74) is 3.80.